The second-order valence-electron chi connectivity index (χ2n) is 9.52. The first-order valence-electron chi connectivity index (χ1n) is 13.9. The van der Waals surface area contributed by atoms with Crippen LogP contribution < -0.4 is 0 Å². The lowest BCUT2D eigenvalue weighted by molar-refractivity contribution is 0.0471. The fourth-order valence-corrected chi connectivity index (χ4v) is 3.94. The van der Waals surface area contributed by atoms with Crippen LogP contribution in [0.5, 0.6) is 0 Å². The molecule has 1 heterocycles. The van der Waals surface area contributed by atoms with Gasteiger partial charge in [0.15, 0.2) is 0 Å². The van der Waals surface area contributed by atoms with E-state index in [1.54, 1.807) is 0 Å². The van der Waals surface area contributed by atoms with Crippen molar-refractivity contribution >= 4 is 22.0 Å². The van der Waals surface area contributed by atoms with E-state index in [0.717, 1.165) is 38.5 Å². The van der Waals surface area contributed by atoms with Crippen molar-refractivity contribution < 1.29 is 27.7 Å². The molecular formula is C24H51B3O6. The van der Waals surface area contributed by atoms with Crippen molar-refractivity contribution in [3.8, 4) is 0 Å². The van der Waals surface area contributed by atoms with Gasteiger partial charge in [-0.15, -0.1) is 0 Å². The predicted octanol–water partition coefficient (Wildman–Crippen LogP) is 6.70. The Morgan fingerprint density at radius 2 is 0.758 bits per heavy atom. The Morgan fingerprint density at radius 3 is 0.970 bits per heavy atom. The molecule has 0 bridgehead atoms. The number of unbranched alkanes of at least 4 members (excludes halogenated alkanes) is 3. The molecule has 3 unspecified atom stereocenters. The topological polar surface area (TPSA) is 55.4 Å². The van der Waals surface area contributed by atoms with E-state index < -0.39 is 22.0 Å². The van der Waals surface area contributed by atoms with Gasteiger partial charge in [-0.2, -0.15) is 0 Å². The minimum atomic E-state index is -0.837. The predicted molar refractivity (Wildman–Crippen MR) is 138 cm³/mol. The molecule has 1 rings (SSSR count). The van der Waals surface area contributed by atoms with Gasteiger partial charge in [-0.25, -0.2) is 0 Å². The molecule has 0 amide bonds. The summed E-state index contributed by atoms with van der Waals surface area (Å²) in [5.74, 6) is 1.49. The van der Waals surface area contributed by atoms with Crippen LogP contribution in [-0.4, -0.2) is 41.8 Å². The van der Waals surface area contributed by atoms with Crippen LogP contribution in [0.4, 0.5) is 0 Å². The average molecular weight is 468 g/mol. The molecular weight excluding hydrogens is 417 g/mol. The van der Waals surface area contributed by atoms with E-state index in [2.05, 4.69) is 41.5 Å². The highest BCUT2D eigenvalue weighted by molar-refractivity contribution is 6.66. The number of hydrogen-bond donors (Lipinski definition) is 0. The molecule has 0 aromatic rings. The third-order valence-corrected chi connectivity index (χ3v) is 6.70. The minimum Gasteiger partial charge on any atom is -0.400 e. The molecule has 1 fully saturated rings. The van der Waals surface area contributed by atoms with Gasteiger partial charge in [0.2, 0.25) is 0 Å². The van der Waals surface area contributed by atoms with E-state index in [0.29, 0.717) is 37.6 Å². The van der Waals surface area contributed by atoms with E-state index in [1.165, 1.54) is 38.5 Å². The zero-order valence-electron chi connectivity index (χ0n) is 22.5. The largest absolute Gasteiger partial charge is 0.615 e. The van der Waals surface area contributed by atoms with Crippen LogP contribution in [-0.2, 0) is 27.7 Å². The van der Waals surface area contributed by atoms with E-state index >= 15 is 0 Å². The van der Waals surface area contributed by atoms with Crippen molar-refractivity contribution in [1.82, 2.24) is 0 Å². The maximum atomic E-state index is 6.01. The second-order valence-corrected chi connectivity index (χ2v) is 9.52. The molecule has 0 aromatic heterocycles. The van der Waals surface area contributed by atoms with Gasteiger partial charge in [0.1, 0.15) is 0 Å². The normalized spacial score (nSPS) is 17.5. The molecule has 1 aliphatic rings. The summed E-state index contributed by atoms with van der Waals surface area (Å²) in [5, 5.41) is 0. The van der Waals surface area contributed by atoms with Crippen LogP contribution in [0, 0.1) is 17.8 Å². The summed E-state index contributed by atoms with van der Waals surface area (Å²) in [6.07, 6.45) is 13.9. The zero-order chi connectivity index (χ0) is 24.3. The average Bonchev–Trinajstić information content (AvgIpc) is 2.84. The summed E-state index contributed by atoms with van der Waals surface area (Å²) in [6.45, 7) is 15.1. The minimum absolute atomic E-state index is 0.496. The van der Waals surface area contributed by atoms with Crippen LogP contribution in [0.1, 0.15) is 119 Å². The summed E-state index contributed by atoms with van der Waals surface area (Å²) < 4.78 is 35.5. The first-order chi connectivity index (χ1) is 16.1. The molecule has 0 radical (unpaired) electrons. The Labute approximate surface area is 206 Å². The Kier molecular flexibility index (Phi) is 18.9. The second kappa shape index (κ2) is 20.2. The van der Waals surface area contributed by atoms with Gasteiger partial charge in [0, 0.05) is 19.8 Å². The Balaban J connectivity index is 2.64. The number of rotatable bonds is 21. The van der Waals surface area contributed by atoms with Crippen LogP contribution in [0.25, 0.3) is 0 Å². The fraction of sp³-hybridized carbons (Fsp3) is 1.00. The Bertz CT molecular complexity index is 381. The summed E-state index contributed by atoms with van der Waals surface area (Å²) >= 11 is 0. The first kappa shape index (κ1) is 31.0. The zero-order valence-corrected chi connectivity index (χ0v) is 22.5. The lowest BCUT2D eigenvalue weighted by atomic mass is 9.94. The van der Waals surface area contributed by atoms with Gasteiger partial charge in [-0.1, -0.05) is 99.3 Å². The molecule has 0 spiro atoms. The van der Waals surface area contributed by atoms with Gasteiger partial charge in [-0.3, -0.25) is 0 Å². The van der Waals surface area contributed by atoms with Crippen LogP contribution in [0.2, 0.25) is 0 Å². The molecule has 0 aromatic carbocycles. The van der Waals surface area contributed by atoms with Crippen LogP contribution in [0.3, 0.4) is 0 Å². The highest BCUT2D eigenvalue weighted by atomic mass is 16.9. The van der Waals surface area contributed by atoms with Gasteiger partial charge in [0.25, 0.3) is 0 Å². The van der Waals surface area contributed by atoms with Gasteiger partial charge >= 0.3 is 22.0 Å². The van der Waals surface area contributed by atoms with Gasteiger partial charge in [-0.05, 0) is 37.0 Å². The maximum Gasteiger partial charge on any atom is 0.615 e. The summed E-state index contributed by atoms with van der Waals surface area (Å²) in [5.41, 5.74) is 0. The third kappa shape index (κ3) is 14.2. The smallest absolute Gasteiger partial charge is 0.400 e. The monoisotopic (exact) mass is 468 g/mol. The van der Waals surface area contributed by atoms with Crippen molar-refractivity contribution in [2.75, 3.05) is 19.8 Å². The summed E-state index contributed by atoms with van der Waals surface area (Å²) in [6, 6.07) is 0. The highest BCUT2D eigenvalue weighted by Gasteiger charge is 2.47. The van der Waals surface area contributed by atoms with E-state index in [9.17, 15) is 0 Å². The van der Waals surface area contributed by atoms with Gasteiger partial charge < -0.3 is 27.7 Å². The van der Waals surface area contributed by atoms with Crippen molar-refractivity contribution in [2.24, 2.45) is 17.8 Å². The molecule has 33 heavy (non-hydrogen) atoms. The van der Waals surface area contributed by atoms with Crippen molar-refractivity contribution in [1.29, 1.82) is 0 Å². The quantitative estimate of drug-likeness (QED) is 0.175. The lowest BCUT2D eigenvalue weighted by Gasteiger charge is -2.30. The molecule has 6 nitrogen and oxygen atoms in total. The van der Waals surface area contributed by atoms with Gasteiger partial charge in [0.05, 0.1) is 0 Å². The summed E-state index contributed by atoms with van der Waals surface area (Å²) in [7, 11) is -2.51. The lowest BCUT2D eigenvalue weighted by Crippen LogP contribution is -2.53. The number of hydrogen-bond acceptors (Lipinski definition) is 6. The van der Waals surface area contributed by atoms with Crippen molar-refractivity contribution in [2.45, 2.75) is 119 Å². The molecule has 1 aliphatic heterocycles. The Hall–Kier alpha value is -0.0452. The summed E-state index contributed by atoms with van der Waals surface area (Å²) in [4.78, 5) is 0. The van der Waals surface area contributed by atoms with E-state index in [4.69, 9.17) is 27.7 Å². The molecule has 0 aliphatic carbocycles. The van der Waals surface area contributed by atoms with E-state index in [-0.39, 0.29) is 0 Å². The SMILES string of the molecule is CCCCC(CC)COB1OB(OCC(CC)CCCC)OB(OCC(CC)CCCC)O1. The molecule has 9 heteroatoms. The molecule has 0 N–H and O–H groups in total. The maximum absolute atomic E-state index is 6.01. The Morgan fingerprint density at radius 1 is 0.485 bits per heavy atom. The molecule has 0 saturated carbocycles. The highest BCUT2D eigenvalue weighted by Crippen LogP contribution is 2.20. The van der Waals surface area contributed by atoms with Crippen molar-refractivity contribution in [3.63, 3.8) is 0 Å². The van der Waals surface area contributed by atoms with E-state index in [1.807, 2.05) is 0 Å². The fourth-order valence-electron chi connectivity index (χ4n) is 3.94. The third-order valence-electron chi connectivity index (χ3n) is 6.70. The van der Waals surface area contributed by atoms with Crippen LogP contribution >= 0.6 is 0 Å². The van der Waals surface area contributed by atoms with Crippen LogP contribution in [0.15, 0.2) is 0 Å². The first-order valence-corrected chi connectivity index (χ1v) is 13.9. The molecule has 1 saturated heterocycles. The molecule has 192 valence electrons. The standard InChI is InChI=1S/C24H51B3O6/c1-7-13-16-22(10-4)19-28-25-31-26(29-20-23(11-5)17-14-8-2)33-27(32-25)30-21-24(12-6)18-15-9-3/h22-24H,7-21H2,1-6H3. The van der Waals surface area contributed by atoms with Crippen molar-refractivity contribution in [3.05, 3.63) is 0 Å². The molecule has 3 atom stereocenters.